The van der Waals surface area contributed by atoms with E-state index in [4.69, 9.17) is 4.74 Å². The summed E-state index contributed by atoms with van der Waals surface area (Å²) in [6, 6.07) is 8.23. The molecule has 1 aromatic carbocycles. The van der Waals surface area contributed by atoms with Crippen LogP contribution in [0.15, 0.2) is 29.6 Å². The number of fused-ring (bicyclic) bond motifs is 1. The van der Waals surface area contributed by atoms with Gasteiger partial charge in [-0.2, -0.15) is 0 Å². The molecule has 0 spiro atoms. The molecule has 1 saturated heterocycles. The average Bonchev–Trinajstić information content (AvgIpc) is 3.39. The van der Waals surface area contributed by atoms with Crippen molar-refractivity contribution in [2.75, 3.05) is 18.6 Å². The summed E-state index contributed by atoms with van der Waals surface area (Å²) in [5, 5.41) is 15.4. The molecule has 140 valence electrons. The Labute approximate surface area is 164 Å². The van der Waals surface area contributed by atoms with E-state index in [1.54, 1.807) is 23.3 Å². The Hall–Kier alpha value is -2.36. The fourth-order valence-corrected chi connectivity index (χ4v) is 4.67. The largest absolute Gasteiger partial charge is 0.377 e. The van der Waals surface area contributed by atoms with Crippen LogP contribution in [0.2, 0.25) is 0 Å². The zero-order valence-corrected chi connectivity index (χ0v) is 16.3. The first-order chi connectivity index (χ1) is 13.1. The number of amides is 2. The van der Waals surface area contributed by atoms with Crippen LogP contribution in [0, 0.1) is 5.92 Å². The van der Waals surface area contributed by atoms with Gasteiger partial charge in [0, 0.05) is 31.3 Å². The van der Waals surface area contributed by atoms with E-state index in [1.165, 1.54) is 21.4 Å². The maximum absolute atomic E-state index is 12.5. The van der Waals surface area contributed by atoms with Crippen LogP contribution in [-0.4, -0.2) is 35.7 Å². The molecule has 1 N–H and O–H groups in total. The van der Waals surface area contributed by atoms with Gasteiger partial charge in [0.25, 0.3) is 0 Å². The van der Waals surface area contributed by atoms with Crippen LogP contribution in [0.5, 0.6) is 0 Å². The lowest BCUT2D eigenvalue weighted by Crippen LogP contribution is -2.32. The van der Waals surface area contributed by atoms with Crippen molar-refractivity contribution >= 4 is 49.7 Å². The topological polar surface area (TPSA) is 84.4 Å². The molecule has 1 atom stereocenters. The molecule has 1 unspecified atom stereocenters. The highest BCUT2D eigenvalue weighted by Gasteiger charge is 2.36. The minimum atomic E-state index is -0.378. The van der Waals surface area contributed by atoms with Crippen LogP contribution in [0.25, 0.3) is 10.1 Å². The van der Waals surface area contributed by atoms with Gasteiger partial charge in [-0.25, -0.2) is 0 Å². The summed E-state index contributed by atoms with van der Waals surface area (Å²) in [4.78, 5) is 26.4. The maximum atomic E-state index is 12.5. The first-order valence-corrected chi connectivity index (χ1v) is 10.2. The van der Waals surface area contributed by atoms with E-state index < -0.39 is 0 Å². The number of nitrogens with one attached hydrogen (secondary N) is 1. The Morgan fingerprint density at radius 3 is 3.11 bits per heavy atom. The molecule has 7 nitrogen and oxygen atoms in total. The van der Waals surface area contributed by atoms with E-state index in [9.17, 15) is 9.59 Å². The van der Waals surface area contributed by atoms with Crippen LogP contribution >= 0.6 is 22.7 Å². The van der Waals surface area contributed by atoms with Gasteiger partial charge in [0.15, 0.2) is 0 Å². The molecule has 27 heavy (non-hydrogen) atoms. The van der Waals surface area contributed by atoms with E-state index in [2.05, 4.69) is 39.1 Å². The lowest BCUT2D eigenvalue weighted by atomic mass is 10.1. The van der Waals surface area contributed by atoms with Crippen LogP contribution < -0.4 is 10.2 Å². The van der Waals surface area contributed by atoms with E-state index in [-0.39, 0.29) is 24.2 Å². The molecule has 2 amide bonds. The second-order valence-electron chi connectivity index (χ2n) is 6.33. The number of aromatic nitrogens is 2. The highest BCUT2D eigenvalue weighted by molar-refractivity contribution is 7.17. The molecule has 9 heteroatoms. The van der Waals surface area contributed by atoms with Crippen molar-refractivity contribution < 1.29 is 14.3 Å². The van der Waals surface area contributed by atoms with Gasteiger partial charge >= 0.3 is 0 Å². The zero-order valence-electron chi connectivity index (χ0n) is 14.7. The fourth-order valence-electron chi connectivity index (χ4n) is 3.06. The molecular weight excluding hydrogens is 384 g/mol. The van der Waals surface area contributed by atoms with Crippen LogP contribution in [0.3, 0.4) is 0 Å². The molecule has 0 radical (unpaired) electrons. The Bertz CT molecular complexity index is 984. The van der Waals surface area contributed by atoms with Gasteiger partial charge in [-0.3, -0.25) is 14.5 Å². The Balaban J connectivity index is 1.36. The van der Waals surface area contributed by atoms with Crippen molar-refractivity contribution in [1.29, 1.82) is 0 Å². The van der Waals surface area contributed by atoms with Crippen LogP contribution in [-0.2, 0) is 27.5 Å². The number of ether oxygens (including phenoxy) is 1. The fraction of sp³-hybridized carbons (Fsp3) is 0.333. The van der Waals surface area contributed by atoms with Gasteiger partial charge in [0.2, 0.25) is 16.9 Å². The Morgan fingerprint density at radius 2 is 2.26 bits per heavy atom. The molecule has 0 saturated carbocycles. The monoisotopic (exact) mass is 402 g/mol. The first kappa shape index (κ1) is 18.0. The van der Waals surface area contributed by atoms with Crippen molar-refractivity contribution in [2.24, 2.45) is 5.92 Å². The summed E-state index contributed by atoms with van der Waals surface area (Å²) in [5.74, 6) is -0.593. The zero-order chi connectivity index (χ0) is 18.8. The summed E-state index contributed by atoms with van der Waals surface area (Å²) in [5.41, 5.74) is 1.05. The Morgan fingerprint density at radius 1 is 1.37 bits per heavy atom. The minimum absolute atomic E-state index is 0.102. The van der Waals surface area contributed by atoms with Gasteiger partial charge in [0.1, 0.15) is 11.6 Å². The van der Waals surface area contributed by atoms with E-state index in [1.807, 2.05) is 6.07 Å². The molecule has 1 aliphatic rings. The molecule has 2 aromatic heterocycles. The molecule has 1 aliphatic heterocycles. The first-order valence-electron chi connectivity index (χ1n) is 8.49. The summed E-state index contributed by atoms with van der Waals surface area (Å²) >= 11 is 3.01. The summed E-state index contributed by atoms with van der Waals surface area (Å²) in [6.07, 6.45) is 0.189. The lowest BCUT2D eigenvalue weighted by molar-refractivity contribution is -0.126. The molecule has 1 fully saturated rings. The number of anilines is 1. The minimum Gasteiger partial charge on any atom is -0.377 e. The standard InChI is InChI=1S/C18H18N4O3S2/c1-25-10-15-20-21-18(27-15)22-9-13(7-16(22)23)17(24)19-8-11-2-3-14-12(6-11)4-5-26-14/h2-6,13H,7-10H2,1H3,(H,19,24). The molecular formula is C18H18N4O3S2. The van der Waals surface area contributed by atoms with Gasteiger partial charge in [-0.05, 0) is 34.5 Å². The smallest absolute Gasteiger partial charge is 0.229 e. The number of nitrogens with zero attached hydrogens (tertiary/aromatic N) is 3. The molecule has 3 aromatic rings. The summed E-state index contributed by atoms with van der Waals surface area (Å²) in [7, 11) is 1.58. The predicted octanol–water partition coefficient (Wildman–Crippen LogP) is 2.57. The average molecular weight is 403 g/mol. The van der Waals surface area contributed by atoms with E-state index >= 15 is 0 Å². The van der Waals surface area contributed by atoms with Gasteiger partial charge < -0.3 is 10.1 Å². The predicted molar refractivity (Wildman–Crippen MR) is 105 cm³/mol. The maximum Gasteiger partial charge on any atom is 0.229 e. The van der Waals surface area contributed by atoms with Crippen LogP contribution in [0.4, 0.5) is 5.13 Å². The summed E-state index contributed by atoms with van der Waals surface area (Å²) in [6.45, 7) is 1.14. The molecule has 3 heterocycles. The molecule has 4 rings (SSSR count). The van der Waals surface area contributed by atoms with Gasteiger partial charge in [-0.15, -0.1) is 21.5 Å². The van der Waals surface area contributed by atoms with Gasteiger partial charge in [0.05, 0.1) is 5.92 Å². The number of thiophene rings is 1. The normalized spacial score (nSPS) is 17.0. The quantitative estimate of drug-likeness (QED) is 0.685. The van der Waals surface area contributed by atoms with E-state index in [0.29, 0.717) is 29.8 Å². The number of methoxy groups -OCH3 is 1. The number of hydrogen-bond acceptors (Lipinski definition) is 7. The SMILES string of the molecule is COCc1nnc(N2CC(C(=O)NCc3ccc4sccc4c3)CC2=O)s1. The number of benzene rings is 1. The van der Waals surface area contributed by atoms with Gasteiger partial charge in [-0.1, -0.05) is 17.4 Å². The van der Waals surface area contributed by atoms with E-state index in [0.717, 1.165) is 5.56 Å². The highest BCUT2D eigenvalue weighted by Crippen LogP contribution is 2.28. The molecule has 0 bridgehead atoms. The number of carbonyl (C=O) groups excluding carboxylic acids is 2. The number of hydrogen-bond donors (Lipinski definition) is 1. The molecule has 0 aliphatic carbocycles. The third-order valence-corrected chi connectivity index (χ3v) is 6.25. The van der Waals surface area contributed by atoms with Crippen molar-refractivity contribution in [2.45, 2.75) is 19.6 Å². The van der Waals surface area contributed by atoms with Crippen molar-refractivity contribution in [3.8, 4) is 0 Å². The lowest BCUT2D eigenvalue weighted by Gasteiger charge is -2.12. The van der Waals surface area contributed by atoms with Crippen molar-refractivity contribution in [3.05, 3.63) is 40.2 Å². The van der Waals surface area contributed by atoms with Crippen LogP contribution in [0.1, 0.15) is 17.0 Å². The van der Waals surface area contributed by atoms with Crippen molar-refractivity contribution in [3.63, 3.8) is 0 Å². The van der Waals surface area contributed by atoms with Crippen molar-refractivity contribution in [1.82, 2.24) is 15.5 Å². The third-order valence-electron chi connectivity index (χ3n) is 4.43. The number of carbonyl (C=O) groups is 2. The second kappa shape index (κ2) is 7.71. The second-order valence-corrected chi connectivity index (χ2v) is 8.32. The summed E-state index contributed by atoms with van der Waals surface area (Å²) < 4.78 is 6.26. The number of rotatable bonds is 6. The highest BCUT2D eigenvalue weighted by atomic mass is 32.1. The third kappa shape index (κ3) is 3.85. The Kier molecular flexibility index (Phi) is 5.15.